The minimum absolute atomic E-state index is 0.0564. The zero-order valence-corrected chi connectivity index (χ0v) is 12.7. The fraction of sp³-hybridized carbons (Fsp3) is 0.214. The molecule has 0 bridgehead atoms. The van der Waals surface area contributed by atoms with Gasteiger partial charge in [-0.05, 0) is 38.5 Å². The van der Waals surface area contributed by atoms with Gasteiger partial charge in [-0.3, -0.25) is 25.7 Å². The van der Waals surface area contributed by atoms with E-state index in [1.165, 1.54) is 12.1 Å². The second-order valence-corrected chi connectivity index (χ2v) is 4.89. The van der Waals surface area contributed by atoms with Crippen molar-refractivity contribution < 1.29 is 14.3 Å². The summed E-state index contributed by atoms with van der Waals surface area (Å²) in [5.74, 6) is 1.30. The molecule has 23 heavy (non-hydrogen) atoms. The molecule has 0 fully saturated rings. The number of furan rings is 1. The van der Waals surface area contributed by atoms with Crippen LogP contribution < -0.4 is 5.43 Å². The van der Waals surface area contributed by atoms with Gasteiger partial charge >= 0.3 is 5.69 Å². The summed E-state index contributed by atoms with van der Waals surface area (Å²) in [6.07, 6.45) is 0. The zero-order valence-electron chi connectivity index (χ0n) is 12.7. The average Bonchev–Trinajstić information content (AvgIpc) is 2.83. The number of hydrazone groups is 1. The summed E-state index contributed by atoms with van der Waals surface area (Å²) in [4.78, 5) is 20.3. The number of non-ortho nitro benzene ring substituents is 1. The molecule has 1 heterocycles. The van der Waals surface area contributed by atoms with Crippen molar-refractivity contribution >= 4 is 22.8 Å². The van der Waals surface area contributed by atoms with Crippen molar-refractivity contribution in [2.75, 3.05) is 5.43 Å². The van der Waals surface area contributed by atoms with Crippen LogP contribution in [0.3, 0.4) is 0 Å². The van der Waals surface area contributed by atoms with Gasteiger partial charge in [-0.25, -0.2) is 0 Å². The zero-order chi connectivity index (χ0) is 17.1. The molecule has 120 valence electrons. The van der Waals surface area contributed by atoms with Gasteiger partial charge in [0.15, 0.2) is 5.76 Å². The van der Waals surface area contributed by atoms with Crippen LogP contribution in [-0.2, 0) is 0 Å². The van der Waals surface area contributed by atoms with Crippen molar-refractivity contribution in [2.45, 2.75) is 20.8 Å². The fourth-order valence-electron chi connectivity index (χ4n) is 2.07. The highest BCUT2D eigenvalue weighted by molar-refractivity contribution is 5.98. The Hall–Kier alpha value is -3.23. The van der Waals surface area contributed by atoms with E-state index >= 15 is 0 Å². The Morgan fingerprint density at radius 3 is 2.39 bits per heavy atom. The van der Waals surface area contributed by atoms with E-state index in [0.29, 0.717) is 11.5 Å². The summed E-state index contributed by atoms with van der Waals surface area (Å²) in [6, 6.07) is 5.15. The number of benzene rings is 1. The third kappa shape index (κ3) is 3.51. The molecule has 0 unspecified atom stereocenters. The molecule has 9 heteroatoms. The molecule has 0 saturated heterocycles. The SMILES string of the molecule is C/C(=N\Nc1ccc([N+](=O)[O-])cc1[N+](=O)[O-])c1oc(C)cc1C. The molecule has 2 aromatic rings. The monoisotopic (exact) mass is 318 g/mol. The van der Waals surface area contributed by atoms with Crippen LogP contribution >= 0.6 is 0 Å². The Bertz CT molecular complexity index is 809. The third-order valence-corrected chi connectivity index (χ3v) is 3.10. The average molecular weight is 318 g/mol. The van der Waals surface area contributed by atoms with Gasteiger partial charge in [0.1, 0.15) is 17.2 Å². The number of nitro benzene ring substituents is 2. The lowest BCUT2D eigenvalue weighted by molar-refractivity contribution is -0.393. The van der Waals surface area contributed by atoms with Crippen molar-refractivity contribution in [1.29, 1.82) is 0 Å². The van der Waals surface area contributed by atoms with Crippen molar-refractivity contribution in [3.63, 3.8) is 0 Å². The number of rotatable bonds is 5. The van der Waals surface area contributed by atoms with E-state index in [4.69, 9.17) is 4.42 Å². The van der Waals surface area contributed by atoms with Crippen LogP contribution in [0.25, 0.3) is 0 Å². The van der Waals surface area contributed by atoms with Gasteiger partial charge in [0.2, 0.25) is 0 Å². The van der Waals surface area contributed by atoms with Crippen LogP contribution in [-0.4, -0.2) is 15.6 Å². The van der Waals surface area contributed by atoms with Crippen molar-refractivity contribution in [3.05, 3.63) is 61.6 Å². The minimum Gasteiger partial charge on any atom is -0.460 e. The summed E-state index contributed by atoms with van der Waals surface area (Å²) >= 11 is 0. The summed E-state index contributed by atoms with van der Waals surface area (Å²) < 4.78 is 5.50. The predicted octanol–water partition coefficient (Wildman–Crippen LogP) is 3.55. The summed E-state index contributed by atoms with van der Waals surface area (Å²) in [7, 11) is 0. The van der Waals surface area contributed by atoms with Crippen LogP contribution in [0.5, 0.6) is 0 Å². The Balaban J connectivity index is 2.32. The second-order valence-electron chi connectivity index (χ2n) is 4.89. The van der Waals surface area contributed by atoms with Crippen molar-refractivity contribution in [1.82, 2.24) is 0 Å². The van der Waals surface area contributed by atoms with Crippen LogP contribution in [0.2, 0.25) is 0 Å². The van der Waals surface area contributed by atoms with E-state index in [2.05, 4.69) is 10.5 Å². The third-order valence-electron chi connectivity index (χ3n) is 3.10. The van der Waals surface area contributed by atoms with Gasteiger partial charge in [0.25, 0.3) is 5.69 Å². The first-order valence-electron chi connectivity index (χ1n) is 6.60. The number of aryl methyl sites for hydroxylation is 2. The molecule has 2 rings (SSSR count). The maximum absolute atomic E-state index is 11.0. The van der Waals surface area contributed by atoms with Gasteiger partial charge < -0.3 is 4.42 Å². The van der Waals surface area contributed by atoms with Crippen LogP contribution in [0, 0.1) is 34.1 Å². The highest BCUT2D eigenvalue weighted by Gasteiger charge is 2.19. The quantitative estimate of drug-likeness (QED) is 0.510. The Morgan fingerprint density at radius 2 is 1.87 bits per heavy atom. The molecule has 0 aliphatic heterocycles. The molecule has 0 saturated carbocycles. The lowest BCUT2D eigenvalue weighted by atomic mass is 10.2. The molecule has 1 N–H and O–H groups in total. The molecule has 0 radical (unpaired) electrons. The number of hydrogen-bond donors (Lipinski definition) is 1. The molecule has 0 aliphatic carbocycles. The largest absolute Gasteiger partial charge is 0.460 e. The summed E-state index contributed by atoms with van der Waals surface area (Å²) in [5, 5.41) is 25.8. The minimum atomic E-state index is -0.706. The Labute approximate surface area is 130 Å². The van der Waals surface area contributed by atoms with Gasteiger partial charge in [-0.2, -0.15) is 5.10 Å². The van der Waals surface area contributed by atoms with E-state index in [-0.39, 0.29) is 11.4 Å². The first-order chi connectivity index (χ1) is 10.8. The Kier molecular flexibility index (Phi) is 4.39. The Morgan fingerprint density at radius 1 is 1.17 bits per heavy atom. The predicted molar refractivity (Wildman–Crippen MR) is 83.8 cm³/mol. The van der Waals surface area contributed by atoms with Crippen LogP contribution in [0.15, 0.2) is 33.8 Å². The number of nitro groups is 2. The van der Waals surface area contributed by atoms with Gasteiger partial charge in [0.05, 0.1) is 15.9 Å². The summed E-state index contributed by atoms with van der Waals surface area (Å²) in [5.41, 5.74) is 3.22. The first kappa shape index (κ1) is 16.1. The molecule has 0 spiro atoms. The molecule has 1 aromatic heterocycles. The second kappa shape index (κ2) is 6.26. The van der Waals surface area contributed by atoms with E-state index in [9.17, 15) is 20.2 Å². The lowest BCUT2D eigenvalue weighted by Gasteiger charge is -2.04. The van der Waals surface area contributed by atoms with Gasteiger partial charge in [-0.15, -0.1) is 0 Å². The smallest absolute Gasteiger partial charge is 0.301 e. The van der Waals surface area contributed by atoms with E-state index in [1.54, 1.807) is 13.8 Å². The number of nitrogens with zero attached hydrogens (tertiary/aromatic N) is 3. The normalized spacial score (nSPS) is 11.3. The fourth-order valence-corrected chi connectivity index (χ4v) is 2.07. The molecule has 0 aliphatic rings. The van der Waals surface area contributed by atoms with Crippen molar-refractivity contribution in [3.8, 4) is 0 Å². The van der Waals surface area contributed by atoms with Gasteiger partial charge in [-0.1, -0.05) is 0 Å². The van der Waals surface area contributed by atoms with Gasteiger partial charge in [0, 0.05) is 6.07 Å². The molecule has 0 amide bonds. The maximum atomic E-state index is 11.0. The van der Waals surface area contributed by atoms with Crippen LogP contribution in [0.1, 0.15) is 24.0 Å². The summed E-state index contributed by atoms with van der Waals surface area (Å²) in [6.45, 7) is 5.35. The molecule has 9 nitrogen and oxygen atoms in total. The van der Waals surface area contributed by atoms with Crippen molar-refractivity contribution in [2.24, 2.45) is 5.10 Å². The standard InChI is InChI=1S/C14H14N4O5/c1-8-6-9(2)23-14(8)10(3)15-16-12-5-4-11(17(19)20)7-13(12)18(21)22/h4-7,16H,1-3H3/b15-10+. The highest BCUT2D eigenvalue weighted by Crippen LogP contribution is 2.29. The highest BCUT2D eigenvalue weighted by atomic mass is 16.6. The topological polar surface area (TPSA) is 124 Å². The molecular formula is C14H14N4O5. The van der Waals surface area contributed by atoms with Crippen LogP contribution in [0.4, 0.5) is 17.1 Å². The van der Waals surface area contributed by atoms with E-state index in [0.717, 1.165) is 17.4 Å². The maximum Gasteiger partial charge on any atom is 0.301 e. The molecule has 0 atom stereocenters. The number of nitrogens with one attached hydrogen (secondary N) is 1. The lowest BCUT2D eigenvalue weighted by Crippen LogP contribution is -2.02. The number of hydrogen-bond acceptors (Lipinski definition) is 7. The van der Waals surface area contributed by atoms with E-state index < -0.39 is 15.5 Å². The first-order valence-corrected chi connectivity index (χ1v) is 6.60. The van der Waals surface area contributed by atoms with E-state index in [1.807, 2.05) is 13.0 Å². The molecular weight excluding hydrogens is 304 g/mol. The molecule has 1 aromatic carbocycles. The number of anilines is 1.